The van der Waals surface area contributed by atoms with E-state index in [1.54, 1.807) is 13.0 Å². The normalized spacial score (nSPS) is 10.2. The fraction of sp³-hybridized carbons (Fsp3) is 0.125. The van der Waals surface area contributed by atoms with Gasteiger partial charge in [0.2, 0.25) is 0 Å². The van der Waals surface area contributed by atoms with Gasteiger partial charge in [0.05, 0.1) is 17.7 Å². The van der Waals surface area contributed by atoms with Gasteiger partial charge in [-0.3, -0.25) is 0 Å². The fourth-order valence-electron chi connectivity index (χ4n) is 2.06. The third kappa shape index (κ3) is 3.08. The molecule has 108 valence electrons. The van der Waals surface area contributed by atoms with E-state index >= 15 is 0 Å². The highest BCUT2D eigenvalue weighted by Gasteiger charge is 2.21. The van der Waals surface area contributed by atoms with Crippen molar-refractivity contribution in [1.82, 2.24) is 0 Å². The first-order chi connectivity index (χ1) is 10.0. The topological polar surface area (TPSA) is 63.6 Å². The standard InChI is InChI=1S/C16H13FO4/c1-2-21-16(20)13-8-4-7-12(15(18)19)14(13)10-5-3-6-11(17)9-10/h3-9H,2H2,1H3,(H,18,19). The molecule has 0 saturated heterocycles. The highest BCUT2D eigenvalue weighted by atomic mass is 19.1. The Morgan fingerprint density at radius 1 is 1.14 bits per heavy atom. The van der Waals surface area contributed by atoms with Crippen molar-refractivity contribution in [2.45, 2.75) is 6.92 Å². The van der Waals surface area contributed by atoms with Crippen LogP contribution >= 0.6 is 0 Å². The molecule has 0 radical (unpaired) electrons. The average Bonchev–Trinajstić information content (AvgIpc) is 2.46. The third-order valence-corrected chi connectivity index (χ3v) is 2.90. The van der Waals surface area contributed by atoms with Crippen LogP contribution in [0.4, 0.5) is 4.39 Å². The lowest BCUT2D eigenvalue weighted by molar-refractivity contribution is 0.0527. The second-order valence-electron chi connectivity index (χ2n) is 4.26. The van der Waals surface area contributed by atoms with Gasteiger partial charge in [0.25, 0.3) is 0 Å². The van der Waals surface area contributed by atoms with Gasteiger partial charge in [-0.2, -0.15) is 0 Å². The van der Waals surface area contributed by atoms with Gasteiger partial charge in [-0.05, 0) is 36.8 Å². The molecule has 0 heterocycles. The van der Waals surface area contributed by atoms with Crippen LogP contribution in [0.15, 0.2) is 42.5 Å². The molecule has 0 saturated carbocycles. The largest absolute Gasteiger partial charge is 0.478 e. The van der Waals surface area contributed by atoms with Crippen molar-refractivity contribution in [3.8, 4) is 11.1 Å². The monoisotopic (exact) mass is 288 g/mol. The molecule has 0 amide bonds. The average molecular weight is 288 g/mol. The van der Waals surface area contributed by atoms with E-state index in [-0.39, 0.29) is 23.3 Å². The highest BCUT2D eigenvalue weighted by Crippen LogP contribution is 2.29. The summed E-state index contributed by atoms with van der Waals surface area (Å²) in [5.41, 5.74) is 0.493. The van der Waals surface area contributed by atoms with Gasteiger partial charge < -0.3 is 9.84 Å². The number of aromatic carboxylic acids is 1. The molecule has 0 spiro atoms. The zero-order valence-electron chi connectivity index (χ0n) is 11.3. The van der Waals surface area contributed by atoms with E-state index in [0.29, 0.717) is 5.56 Å². The summed E-state index contributed by atoms with van der Waals surface area (Å²) in [6.07, 6.45) is 0. The van der Waals surface area contributed by atoms with Crippen LogP contribution in [0.5, 0.6) is 0 Å². The maximum atomic E-state index is 13.4. The Labute approximate surface area is 120 Å². The highest BCUT2D eigenvalue weighted by molar-refractivity contribution is 6.05. The molecule has 0 aliphatic rings. The fourth-order valence-corrected chi connectivity index (χ4v) is 2.06. The number of hydrogen-bond acceptors (Lipinski definition) is 3. The van der Waals surface area contributed by atoms with Gasteiger partial charge >= 0.3 is 11.9 Å². The SMILES string of the molecule is CCOC(=O)c1cccc(C(=O)O)c1-c1cccc(F)c1. The number of carbonyl (C=O) groups is 2. The van der Waals surface area contributed by atoms with Crippen LogP contribution in [-0.2, 0) is 4.74 Å². The summed E-state index contributed by atoms with van der Waals surface area (Å²) in [6.45, 7) is 1.82. The smallest absolute Gasteiger partial charge is 0.338 e. The van der Waals surface area contributed by atoms with E-state index < -0.39 is 17.8 Å². The molecule has 5 heteroatoms. The van der Waals surface area contributed by atoms with Crippen LogP contribution in [0, 0.1) is 5.82 Å². The van der Waals surface area contributed by atoms with Gasteiger partial charge in [-0.1, -0.05) is 18.2 Å². The zero-order chi connectivity index (χ0) is 15.4. The number of benzene rings is 2. The van der Waals surface area contributed by atoms with Crippen LogP contribution in [0.1, 0.15) is 27.6 Å². The lowest BCUT2D eigenvalue weighted by Gasteiger charge is -2.12. The maximum Gasteiger partial charge on any atom is 0.338 e. The Kier molecular flexibility index (Phi) is 4.33. The molecule has 2 aromatic rings. The van der Waals surface area contributed by atoms with Gasteiger partial charge in [0.15, 0.2) is 0 Å². The van der Waals surface area contributed by atoms with Crippen molar-refractivity contribution in [2.75, 3.05) is 6.61 Å². The molecule has 0 aliphatic heterocycles. The minimum atomic E-state index is -1.19. The Balaban J connectivity index is 2.70. The summed E-state index contributed by atoms with van der Waals surface area (Å²) in [6, 6.07) is 9.72. The molecule has 4 nitrogen and oxygen atoms in total. The molecule has 0 aromatic heterocycles. The first-order valence-corrected chi connectivity index (χ1v) is 6.34. The number of carbonyl (C=O) groups excluding carboxylic acids is 1. The van der Waals surface area contributed by atoms with Crippen molar-refractivity contribution in [3.63, 3.8) is 0 Å². The predicted molar refractivity (Wildman–Crippen MR) is 74.8 cm³/mol. The summed E-state index contributed by atoms with van der Waals surface area (Å²) >= 11 is 0. The molecular weight excluding hydrogens is 275 g/mol. The number of rotatable bonds is 4. The first-order valence-electron chi connectivity index (χ1n) is 6.34. The zero-order valence-corrected chi connectivity index (χ0v) is 11.3. The van der Waals surface area contributed by atoms with E-state index in [2.05, 4.69) is 0 Å². The quantitative estimate of drug-likeness (QED) is 0.876. The lowest BCUT2D eigenvalue weighted by atomic mass is 9.94. The molecule has 1 N–H and O–H groups in total. The van der Waals surface area contributed by atoms with Gasteiger partial charge in [0.1, 0.15) is 5.82 Å². The molecule has 2 rings (SSSR count). The second-order valence-corrected chi connectivity index (χ2v) is 4.26. The molecule has 0 aliphatic carbocycles. The summed E-state index contributed by atoms with van der Waals surface area (Å²) < 4.78 is 18.3. The molecular formula is C16H13FO4. The van der Waals surface area contributed by atoms with Crippen molar-refractivity contribution >= 4 is 11.9 Å². The number of ether oxygens (including phenoxy) is 1. The Hall–Kier alpha value is -2.69. The Bertz CT molecular complexity index is 694. The number of carboxylic acids is 1. The second kappa shape index (κ2) is 6.17. The van der Waals surface area contributed by atoms with Crippen molar-refractivity contribution < 1.29 is 23.8 Å². The molecule has 2 aromatic carbocycles. The Morgan fingerprint density at radius 2 is 1.81 bits per heavy atom. The number of hydrogen-bond donors (Lipinski definition) is 1. The predicted octanol–water partition coefficient (Wildman–Crippen LogP) is 3.37. The van der Waals surface area contributed by atoms with Gasteiger partial charge in [-0.15, -0.1) is 0 Å². The Morgan fingerprint density at radius 3 is 2.43 bits per heavy atom. The van der Waals surface area contributed by atoms with Crippen molar-refractivity contribution in [2.24, 2.45) is 0 Å². The van der Waals surface area contributed by atoms with Crippen LogP contribution in [0.3, 0.4) is 0 Å². The molecule has 0 bridgehead atoms. The van der Waals surface area contributed by atoms with Crippen LogP contribution in [0.2, 0.25) is 0 Å². The van der Waals surface area contributed by atoms with E-state index in [4.69, 9.17) is 4.74 Å². The minimum Gasteiger partial charge on any atom is -0.478 e. The molecule has 21 heavy (non-hydrogen) atoms. The van der Waals surface area contributed by atoms with Crippen molar-refractivity contribution in [1.29, 1.82) is 0 Å². The van der Waals surface area contributed by atoms with E-state index in [1.165, 1.54) is 36.4 Å². The van der Waals surface area contributed by atoms with Crippen LogP contribution in [-0.4, -0.2) is 23.7 Å². The van der Waals surface area contributed by atoms with Gasteiger partial charge in [0, 0.05) is 5.56 Å². The number of esters is 1. The molecule has 0 unspecified atom stereocenters. The number of carboxylic acid groups (broad SMARTS) is 1. The van der Waals surface area contributed by atoms with Gasteiger partial charge in [-0.25, -0.2) is 14.0 Å². The summed E-state index contributed by atoms with van der Waals surface area (Å²) in [5.74, 6) is -2.34. The third-order valence-electron chi connectivity index (χ3n) is 2.90. The molecule has 0 atom stereocenters. The van der Waals surface area contributed by atoms with Crippen LogP contribution in [0.25, 0.3) is 11.1 Å². The summed E-state index contributed by atoms with van der Waals surface area (Å²) in [4.78, 5) is 23.4. The van der Waals surface area contributed by atoms with E-state index in [0.717, 1.165) is 0 Å². The maximum absolute atomic E-state index is 13.4. The molecule has 0 fully saturated rings. The van der Waals surface area contributed by atoms with Crippen LogP contribution < -0.4 is 0 Å². The summed E-state index contributed by atoms with van der Waals surface area (Å²) in [7, 11) is 0. The number of halogens is 1. The first kappa shape index (κ1) is 14.7. The van der Waals surface area contributed by atoms with E-state index in [1.807, 2.05) is 0 Å². The van der Waals surface area contributed by atoms with Crippen molar-refractivity contribution in [3.05, 3.63) is 59.4 Å². The van der Waals surface area contributed by atoms with E-state index in [9.17, 15) is 19.1 Å². The lowest BCUT2D eigenvalue weighted by Crippen LogP contribution is -2.10. The summed E-state index contributed by atoms with van der Waals surface area (Å²) in [5, 5.41) is 9.29. The minimum absolute atomic E-state index is 0.0776.